The van der Waals surface area contributed by atoms with E-state index < -0.39 is 0 Å². The topological polar surface area (TPSA) is 75.3 Å². The maximum Gasteiger partial charge on any atom is 0.258 e. The maximum atomic E-state index is 13.3. The van der Waals surface area contributed by atoms with Gasteiger partial charge in [0.15, 0.2) is 0 Å². The lowest BCUT2D eigenvalue weighted by Crippen LogP contribution is -2.39. The highest BCUT2D eigenvalue weighted by atomic mass is 16.5. The van der Waals surface area contributed by atoms with Crippen LogP contribution in [0.5, 0.6) is 0 Å². The van der Waals surface area contributed by atoms with Crippen LogP contribution < -0.4 is 5.56 Å². The Morgan fingerprint density at radius 2 is 2.10 bits per heavy atom. The molecule has 2 aromatic rings. The van der Waals surface area contributed by atoms with Crippen molar-refractivity contribution in [2.24, 2.45) is 17.8 Å². The van der Waals surface area contributed by atoms with Crippen molar-refractivity contribution in [1.82, 2.24) is 14.9 Å². The third-order valence-electron chi connectivity index (χ3n) is 7.12. The summed E-state index contributed by atoms with van der Waals surface area (Å²) in [5, 5.41) is 0.579. The van der Waals surface area contributed by atoms with Gasteiger partial charge in [0.1, 0.15) is 5.82 Å². The number of amides is 1. The average molecular weight is 396 g/mol. The summed E-state index contributed by atoms with van der Waals surface area (Å²) < 4.78 is 5.80. The minimum Gasteiger partial charge on any atom is -0.376 e. The number of aromatic nitrogens is 2. The summed E-state index contributed by atoms with van der Waals surface area (Å²) in [5.41, 5.74) is 0.520. The van der Waals surface area contributed by atoms with Gasteiger partial charge in [0.2, 0.25) is 5.91 Å². The van der Waals surface area contributed by atoms with Gasteiger partial charge in [-0.25, -0.2) is 4.98 Å². The molecule has 2 saturated carbocycles. The van der Waals surface area contributed by atoms with Crippen molar-refractivity contribution in [2.45, 2.75) is 57.6 Å². The fourth-order valence-corrected chi connectivity index (χ4v) is 5.66. The molecule has 1 aromatic carbocycles. The molecule has 6 nitrogen and oxygen atoms in total. The molecular formula is C23H29N3O3. The highest BCUT2D eigenvalue weighted by molar-refractivity contribution is 5.78. The quantitative estimate of drug-likeness (QED) is 0.815. The number of aromatic amines is 1. The number of nitrogens with zero attached hydrogens (tertiary/aromatic N) is 2. The van der Waals surface area contributed by atoms with E-state index in [2.05, 4.69) is 9.97 Å². The molecule has 2 bridgehead atoms. The average Bonchev–Trinajstić information content (AvgIpc) is 3.46. The number of ether oxygens (including phenoxy) is 1. The van der Waals surface area contributed by atoms with E-state index in [1.54, 1.807) is 6.07 Å². The first-order chi connectivity index (χ1) is 14.2. The van der Waals surface area contributed by atoms with Crippen molar-refractivity contribution < 1.29 is 9.53 Å². The molecule has 6 heteroatoms. The second-order valence-electron chi connectivity index (χ2n) is 9.08. The second-order valence-corrected chi connectivity index (χ2v) is 9.08. The zero-order valence-corrected chi connectivity index (χ0v) is 16.8. The van der Waals surface area contributed by atoms with E-state index in [0.29, 0.717) is 42.2 Å². The van der Waals surface area contributed by atoms with Crippen LogP contribution in [0.2, 0.25) is 0 Å². The third-order valence-corrected chi connectivity index (χ3v) is 7.12. The van der Waals surface area contributed by atoms with Crippen LogP contribution in [0.3, 0.4) is 0 Å². The van der Waals surface area contributed by atoms with Crippen LogP contribution in [0.4, 0.5) is 0 Å². The number of benzene rings is 1. The zero-order valence-electron chi connectivity index (χ0n) is 16.8. The lowest BCUT2D eigenvalue weighted by molar-refractivity contribution is -0.135. The van der Waals surface area contributed by atoms with Gasteiger partial charge in [0.05, 0.1) is 23.6 Å². The van der Waals surface area contributed by atoms with Crippen molar-refractivity contribution in [1.29, 1.82) is 0 Å². The third kappa shape index (κ3) is 3.95. The Morgan fingerprint density at radius 1 is 1.21 bits per heavy atom. The minimum absolute atomic E-state index is 0.0890. The molecule has 1 N–H and O–H groups in total. The van der Waals surface area contributed by atoms with Crippen molar-refractivity contribution in [3.8, 4) is 0 Å². The van der Waals surface area contributed by atoms with E-state index in [-0.39, 0.29) is 17.6 Å². The molecule has 4 atom stereocenters. The van der Waals surface area contributed by atoms with Crippen molar-refractivity contribution in [2.75, 3.05) is 13.2 Å². The summed E-state index contributed by atoms with van der Waals surface area (Å²) in [4.78, 5) is 35.1. The Balaban J connectivity index is 1.35. The normalized spacial score (nSPS) is 28.3. The number of nitrogens with one attached hydrogen (secondary N) is 1. The summed E-state index contributed by atoms with van der Waals surface area (Å²) in [5.74, 6) is 2.81. The SMILES string of the molecule is O=C(C[C@H]1C[C@H]2CC[C@H]1C2)N(Cc1nc2ccccc2c(=O)[nH]1)C[C@H]1CCCO1. The predicted molar refractivity (Wildman–Crippen MR) is 110 cm³/mol. The molecular weight excluding hydrogens is 366 g/mol. The Kier molecular flexibility index (Phi) is 5.12. The van der Waals surface area contributed by atoms with Gasteiger partial charge in [0.25, 0.3) is 5.56 Å². The molecule has 3 aliphatic rings. The van der Waals surface area contributed by atoms with E-state index in [9.17, 15) is 9.59 Å². The zero-order chi connectivity index (χ0) is 19.8. The Bertz CT molecular complexity index is 950. The lowest BCUT2D eigenvalue weighted by Gasteiger charge is -2.28. The largest absolute Gasteiger partial charge is 0.376 e. The first kappa shape index (κ1) is 18.8. The summed E-state index contributed by atoms with van der Waals surface area (Å²) >= 11 is 0. The molecule has 2 aliphatic carbocycles. The monoisotopic (exact) mass is 395 g/mol. The van der Waals surface area contributed by atoms with Gasteiger partial charge in [-0.15, -0.1) is 0 Å². The fourth-order valence-electron chi connectivity index (χ4n) is 5.66. The predicted octanol–water partition coefficient (Wildman–Crippen LogP) is 3.26. The number of hydrogen-bond acceptors (Lipinski definition) is 4. The molecule has 0 spiro atoms. The molecule has 0 radical (unpaired) electrons. The molecule has 2 heterocycles. The number of hydrogen-bond donors (Lipinski definition) is 1. The van der Waals surface area contributed by atoms with Crippen LogP contribution in [-0.4, -0.2) is 40.0 Å². The molecule has 29 heavy (non-hydrogen) atoms. The van der Waals surface area contributed by atoms with Gasteiger partial charge in [-0.05, 0) is 62.0 Å². The number of carbonyl (C=O) groups is 1. The summed E-state index contributed by atoms with van der Waals surface area (Å²) in [6.07, 6.45) is 7.88. The first-order valence-electron chi connectivity index (χ1n) is 11.0. The van der Waals surface area contributed by atoms with Crippen LogP contribution in [0.25, 0.3) is 10.9 Å². The van der Waals surface area contributed by atoms with E-state index in [1.807, 2.05) is 23.1 Å². The van der Waals surface area contributed by atoms with Crippen LogP contribution >= 0.6 is 0 Å². The second kappa shape index (κ2) is 7.90. The molecule has 1 aromatic heterocycles. The van der Waals surface area contributed by atoms with Crippen LogP contribution in [-0.2, 0) is 16.1 Å². The number of para-hydroxylation sites is 1. The molecule has 0 unspecified atom stereocenters. The van der Waals surface area contributed by atoms with Gasteiger partial charge >= 0.3 is 0 Å². The lowest BCUT2D eigenvalue weighted by atomic mass is 9.86. The number of H-pyrrole nitrogens is 1. The Morgan fingerprint density at radius 3 is 2.86 bits per heavy atom. The van der Waals surface area contributed by atoms with Gasteiger partial charge in [-0.1, -0.05) is 18.6 Å². The summed E-state index contributed by atoms with van der Waals surface area (Å²) in [6, 6.07) is 7.33. The van der Waals surface area contributed by atoms with Crippen molar-refractivity contribution >= 4 is 16.8 Å². The Labute approximate surface area is 170 Å². The van der Waals surface area contributed by atoms with Gasteiger partial charge < -0.3 is 14.6 Å². The van der Waals surface area contributed by atoms with Crippen molar-refractivity contribution in [3.05, 3.63) is 40.4 Å². The van der Waals surface area contributed by atoms with Crippen LogP contribution in [0.15, 0.2) is 29.1 Å². The molecule has 1 saturated heterocycles. The molecule has 5 rings (SSSR count). The van der Waals surface area contributed by atoms with Gasteiger partial charge in [-0.3, -0.25) is 9.59 Å². The number of carbonyl (C=O) groups excluding carboxylic acids is 1. The Hall–Kier alpha value is -2.21. The van der Waals surface area contributed by atoms with Gasteiger partial charge in [0, 0.05) is 19.6 Å². The first-order valence-corrected chi connectivity index (χ1v) is 11.0. The van der Waals surface area contributed by atoms with E-state index in [1.165, 1.54) is 25.7 Å². The molecule has 154 valence electrons. The van der Waals surface area contributed by atoms with Crippen molar-refractivity contribution in [3.63, 3.8) is 0 Å². The van der Waals surface area contributed by atoms with Crippen LogP contribution in [0, 0.1) is 17.8 Å². The molecule has 1 amide bonds. The standard InChI is InChI=1S/C23H29N3O3/c27-22(12-17-11-15-7-8-16(17)10-15)26(13-18-4-3-9-29-18)14-21-24-20-6-2-1-5-19(20)23(28)25-21/h1-2,5-6,15-18H,3-4,7-14H2,(H,24,25,28)/t15-,16-,17+,18+/m0/s1. The highest BCUT2D eigenvalue weighted by Crippen LogP contribution is 2.49. The summed E-state index contributed by atoms with van der Waals surface area (Å²) in [7, 11) is 0. The minimum atomic E-state index is -0.150. The molecule has 1 aliphatic heterocycles. The summed E-state index contributed by atoms with van der Waals surface area (Å²) in [6.45, 7) is 1.68. The smallest absolute Gasteiger partial charge is 0.258 e. The fraction of sp³-hybridized carbons (Fsp3) is 0.609. The molecule has 3 fully saturated rings. The van der Waals surface area contributed by atoms with Gasteiger partial charge in [-0.2, -0.15) is 0 Å². The van der Waals surface area contributed by atoms with E-state index in [4.69, 9.17) is 4.74 Å². The highest BCUT2D eigenvalue weighted by Gasteiger charge is 2.40. The number of fused-ring (bicyclic) bond motifs is 3. The maximum absolute atomic E-state index is 13.3. The number of rotatable bonds is 6. The van der Waals surface area contributed by atoms with E-state index in [0.717, 1.165) is 31.3 Å². The van der Waals surface area contributed by atoms with Crippen LogP contribution in [0.1, 0.15) is 50.8 Å². The van der Waals surface area contributed by atoms with E-state index >= 15 is 0 Å².